The second kappa shape index (κ2) is 4.37. The molecule has 0 aliphatic rings. The van der Waals surface area contributed by atoms with Crippen LogP contribution < -0.4 is 5.73 Å². The summed E-state index contributed by atoms with van der Waals surface area (Å²) in [5.74, 6) is 0.756. The van der Waals surface area contributed by atoms with Crippen molar-refractivity contribution in [2.75, 3.05) is 6.54 Å². The first-order valence-corrected chi connectivity index (χ1v) is 5.37. The Morgan fingerprint density at radius 3 is 3.00 bits per heavy atom. The first-order valence-electron chi connectivity index (χ1n) is 4.55. The molecule has 2 heterocycles. The van der Waals surface area contributed by atoms with Gasteiger partial charge in [-0.25, -0.2) is 9.97 Å². The topological polar surface area (TPSA) is 99.9 Å². The minimum absolute atomic E-state index is 0.0161. The molecule has 0 radical (unpaired) electrons. The van der Waals surface area contributed by atoms with Gasteiger partial charge < -0.3 is 5.73 Å². The summed E-state index contributed by atoms with van der Waals surface area (Å²) < 4.78 is 1.71. The summed E-state index contributed by atoms with van der Waals surface area (Å²) in [6, 6.07) is 0. The molecule has 0 aliphatic heterocycles. The lowest BCUT2D eigenvalue weighted by atomic mass is 10.4. The summed E-state index contributed by atoms with van der Waals surface area (Å²) in [5.41, 5.74) is 5.44. The Morgan fingerprint density at radius 2 is 2.38 bits per heavy atom. The fourth-order valence-corrected chi connectivity index (χ4v) is 2.01. The number of nitro groups is 1. The Hall–Kier alpha value is -1.80. The molecule has 0 atom stereocenters. The second-order valence-electron chi connectivity index (χ2n) is 2.99. The highest BCUT2D eigenvalue weighted by Gasteiger charge is 2.14. The monoisotopic (exact) mass is 239 g/mol. The second-order valence-corrected chi connectivity index (χ2v) is 3.98. The fourth-order valence-electron chi connectivity index (χ4n) is 1.27. The third-order valence-electron chi connectivity index (χ3n) is 1.95. The van der Waals surface area contributed by atoms with Gasteiger partial charge in [-0.15, -0.1) is 0 Å². The van der Waals surface area contributed by atoms with E-state index in [9.17, 15) is 10.1 Å². The summed E-state index contributed by atoms with van der Waals surface area (Å²) in [6.07, 6.45) is 5.19. The van der Waals surface area contributed by atoms with E-state index in [-0.39, 0.29) is 5.00 Å². The molecule has 0 saturated carbocycles. The lowest BCUT2D eigenvalue weighted by molar-refractivity contribution is -0.380. The molecule has 0 spiro atoms. The average molecular weight is 239 g/mol. The van der Waals surface area contributed by atoms with Crippen LogP contribution in [0, 0.1) is 10.1 Å². The summed E-state index contributed by atoms with van der Waals surface area (Å²) in [6.45, 7) is 0.477. The third kappa shape index (κ3) is 1.92. The highest BCUT2D eigenvalue weighted by Crippen LogP contribution is 2.24. The van der Waals surface area contributed by atoms with E-state index in [0.717, 1.165) is 17.2 Å². The fraction of sp³-hybridized carbons (Fsp3) is 0.250. The first kappa shape index (κ1) is 10.7. The van der Waals surface area contributed by atoms with Crippen molar-refractivity contribution >= 4 is 16.3 Å². The van der Waals surface area contributed by atoms with E-state index in [4.69, 9.17) is 5.73 Å². The van der Waals surface area contributed by atoms with Gasteiger partial charge in [0.2, 0.25) is 5.13 Å². The van der Waals surface area contributed by atoms with E-state index in [1.807, 2.05) is 0 Å². The molecule has 0 saturated heterocycles. The van der Waals surface area contributed by atoms with Gasteiger partial charge in [0.05, 0.1) is 4.92 Å². The number of aromatic nitrogens is 3. The molecule has 16 heavy (non-hydrogen) atoms. The van der Waals surface area contributed by atoms with Crippen molar-refractivity contribution in [1.29, 1.82) is 0 Å². The lowest BCUT2D eigenvalue weighted by Crippen LogP contribution is -2.08. The standard InChI is InChI=1S/C8H9N5O2S/c9-2-1-6-10-3-4-12(6)8-11-5-7(16-8)13(14)15/h3-5H,1-2,9H2. The maximum absolute atomic E-state index is 10.5. The van der Waals surface area contributed by atoms with Crippen molar-refractivity contribution in [3.8, 4) is 5.13 Å². The Bertz CT molecular complexity index is 506. The zero-order valence-electron chi connectivity index (χ0n) is 8.24. The van der Waals surface area contributed by atoms with Crippen LogP contribution in [0.25, 0.3) is 5.13 Å². The van der Waals surface area contributed by atoms with Gasteiger partial charge in [-0.1, -0.05) is 0 Å². The van der Waals surface area contributed by atoms with Crippen molar-refractivity contribution in [1.82, 2.24) is 14.5 Å². The van der Waals surface area contributed by atoms with Crippen LogP contribution in [0.4, 0.5) is 5.00 Å². The number of hydrogen-bond acceptors (Lipinski definition) is 6. The molecular weight excluding hydrogens is 230 g/mol. The summed E-state index contributed by atoms with van der Waals surface area (Å²) >= 11 is 1.01. The van der Waals surface area contributed by atoms with Crippen LogP contribution in [0.15, 0.2) is 18.6 Å². The molecule has 2 aromatic heterocycles. The van der Waals surface area contributed by atoms with Crippen LogP contribution in [0.1, 0.15) is 5.82 Å². The highest BCUT2D eigenvalue weighted by atomic mass is 32.1. The van der Waals surface area contributed by atoms with Crippen molar-refractivity contribution in [2.45, 2.75) is 6.42 Å². The quantitative estimate of drug-likeness (QED) is 0.626. The summed E-state index contributed by atoms with van der Waals surface area (Å²) in [5, 5.41) is 11.1. The number of hydrogen-bond donors (Lipinski definition) is 1. The van der Waals surface area contributed by atoms with E-state index in [2.05, 4.69) is 9.97 Å². The Labute approximate surface area is 94.7 Å². The summed E-state index contributed by atoms with van der Waals surface area (Å²) in [4.78, 5) is 18.2. The van der Waals surface area contributed by atoms with E-state index in [1.54, 1.807) is 17.0 Å². The number of nitrogens with zero attached hydrogens (tertiary/aromatic N) is 4. The average Bonchev–Trinajstić information content (AvgIpc) is 2.84. The van der Waals surface area contributed by atoms with Crippen LogP contribution in [0.2, 0.25) is 0 Å². The molecule has 8 heteroatoms. The van der Waals surface area contributed by atoms with Gasteiger partial charge in [0.1, 0.15) is 12.0 Å². The maximum atomic E-state index is 10.5. The molecule has 2 N–H and O–H groups in total. The van der Waals surface area contributed by atoms with Gasteiger partial charge in [0.15, 0.2) is 0 Å². The van der Waals surface area contributed by atoms with Gasteiger partial charge in [-0.3, -0.25) is 14.7 Å². The molecule has 0 aromatic carbocycles. The molecule has 2 rings (SSSR count). The molecular formula is C8H9N5O2S. The molecule has 0 fully saturated rings. The lowest BCUT2D eigenvalue weighted by Gasteiger charge is -2.00. The van der Waals surface area contributed by atoms with E-state index < -0.39 is 4.92 Å². The Morgan fingerprint density at radius 1 is 1.56 bits per heavy atom. The molecule has 0 unspecified atom stereocenters. The molecule has 0 bridgehead atoms. The minimum atomic E-state index is -0.458. The predicted molar refractivity (Wildman–Crippen MR) is 58.6 cm³/mol. The van der Waals surface area contributed by atoms with Gasteiger partial charge in [-0.05, 0) is 17.9 Å². The van der Waals surface area contributed by atoms with Crippen molar-refractivity contribution in [2.24, 2.45) is 5.73 Å². The van der Waals surface area contributed by atoms with Gasteiger partial charge >= 0.3 is 5.00 Å². The van der Waals surface area contributed by atoms with Crippen LogP contribution in [-0.2, 0) is 6.42 Å². The number of thiazole rings is 1. The molecule has 84 valence electrons. The van der Waals surface area contributed by atoms with E-state index in [0.29, 0.717) is 18.1 Å². The van der Waals surface area contributed by atoms with Gasteiger partial charge in [0, 0.05) is 18.8 Å². The molecule has 2 aromatic rings. The van der Waals surface area contributed by atoms with Crippen LogP contribution in [0.5, 0.6) is 0 Å². The zero-order valence-corrected chi connectivity index (χ0v) is 9.05. The van der Waals surface area contributed by atoms with Crippen molar-refractivity contribution in [3.05, 3.63) is 34.5 Å². The van der Waals surface area contributed by atoms with Crippen LogP contribution in [0.3, 0.4) is 0 Å². The number of rotatable bonds is 4. The van der Waals surface area contributed by atoms with Crippen LogP contribution in [-0.4, -0.2) is 26.0 Å². The number of nitrogens with two attached hydrogens (primary N) is 1. The van der Waals surface area contributed by atoms with Crippen molar-refractivity contribution in [3.63, 3.8) is 0 Å². The van der Waals surface area contributed by atoms with E-state index >= 15 is 0 Å². The first-order chi connectivity index (χ1) is 7.72. The van der Waals surface area contributed by atoms with Crippen molar-refractivity contribution < 1.29 is 4.92 Å². The summed E-state index contributed by atoms with van der Waals surface area (Å²) in [7, 11) is 0. The smallest absolute Gasteiger partial charge is 0.330 e. The third-order valence-corrected chi connectivity index (χ3v) is 2.90. The largest absolute Gasteiger partial charge is 0.345 e. The Balaban J connectivity index is 2.34. The van der Waals surface area contributed by atoms with Gasteiger partial charge in [0.25, 0.3) is 0 Å². The van der Waals surface area contributed by atoms with E-state index in [1.165, 1.54) is 6.20 Å². The highest BCUT2D eigenvalue weighted by molar-refractivity contribution is 7.17. The minimum Gasteiger partial charge on any atom is -0.330 e. The normalized spacial score (nSPS) is 10.6. The molecule has 0 aliphatic carbocycles. The SMILES string of the molecule is NCCc1nccn1-c1ncc([N+](=O)[O-])s1. The molecule has 0 amide bonds. The predicted octanol–water partition coefficient (Wildman–Crippen LogP) is 0.738. The van der Waals surface area contributed by atoms with Gasteiger partial charge in [-0.2, -0.15) is 0 Å². The maximum Gasteiger partial charge on any atom is 0.345 e. The molecule has 7 nitrogen and oxygen atoms in total. The zero-order chi connectivity index (χ0) is 11.5. The Kier molecular flexibility index (Phi) is 2.93. The number of imidazole rings is 1. The van der Waals surface area contributed by atoms with Crippen LogP contribution >= 0.6 is 11.3 Å².